The van der Waals surface area contributed by atoms with Gasteiger partial charge in [0.25, 0.3) is 0 Å². The van der Waals surface area contributed by atoms with Gasteiger partial charge in [0.2, 0.25) is 0 Å². The molecule has 0 aromatic heterocycles. The van der Waals surface area contributed by atoms with Crippen LogP contribution in [0.15, 0.2) is 42.5 Å². The van der Waals surface area contributed by atoms with Gasteiger partial charge in [-0.1, -0.05) is 18.2 Å². The van der Waals surface area contributed by atoms with Crippen LogP contribution in [0.1, 0.15) is 17.2 Å². The third-order valence-corrected chi connectivity index (χ3v) is 3.43. The largest absolute Gasteiger partial charge is 0.324 e. The van der Waals surface area contributed by atoms with Gasteiger partial charge < -0.3 is 5.73 Å². The number of hydrogen-bond donors (Lipinski definition) is 1. The molecule has 0 aliphatic heterocycles. The second-order valence-electron chi connectivity index (χ2n) is 4.07. The fraction of sp³-hybridized carbons (Fsp3) is 0.143. The minimum absolute atomic E-state index is 0.0452. The maximum Gasteiger partial charge on any atom is 0.129 e. The van der Waals surface area contributed by atoms with Crippen LogP contribution in [-0.4, -0.2) is 0 Å². The molecule has 94 valence electrons. The van der Waals surface area contributed by atoms with Gasteiger partial charge in [0.05, 0.1) is 0 Å². The summed E-state index contributed by atoms with van der Waals surface area (Å²) in [6, 6.07) is 11.1. The summed E-state index contributed by atoms with van der Waals surface area (Å²) in [5, 5.41) is 0. The zero-order chi connectivity index (χ0) is 13.1. The molecule has 18 heavy (non-hydrogen) atoms. The Morgan fingerprint density at radius 1 is 1.06 bits per heavy atom. The molecule has 0 aliphatic rings. The van der Waals surface area contributed by atoms with Gasteiger partial charge in [0.1, 0.15) is 11.6 Å². The molecule has 1 nitrogen and oxygen atoms in total. The highest BCUT2D eigenvalue weighted by atomic mass is 127. The molecule has 0 fully saturated rings. The summed E-state index contributed by atoms with van der Waals surface area (Å²) in [6.07, 6.45) is 0.151. The molecule has 0 amide bonds. The number of hydrogen-bond acceptors (Lipinski definition) is 1. The molecule has 2 aromatic carbocycles. The summed E-state index contributed by atoms with van der Waals surface area (Å²) in [5.74, 6) is -1.09. The van der Waals surface area contributed by atoms with Crippen LogP contribution in [0.25, 0.3) is 0 Å². The van der Waals surface area contributed by atoms with E-state index in [1.165, 1.54) is 18.2 Å². The number of benzene rings is 2. The first-order chi connectivity index (χ1) is 8.58. The van der Waals surface area contributed by atoms with Gasteiger partial charge in [-0.2, -0.15) is 0 Å². The lowest BCUT2D eigenvalue weighted by Gasteiger charge is -2.13. The Balaban J connectivity index is 2.24. The van der Waals surface area contributed by atoms with Gasteiger partial charge in [-0.25, -0.2) is 8.78 Å². The third-order valence-electron chi connectivity index (χ3n) is 2.76. The lowest BCUT2D eigenvalue weighted by atomic mass is 9.99. The smallest absolute Gasteiger partial charge is 0.129 e. The molecule has 4 heteroatoms. The summed E-state index contributed by atoms with van der Waals surface area (Å²) in [6.45, 7) is 0. The zero-order valence-electron chi connectivity index (χ0n) is 9.54. The van der Waals surface area contributed by atoms with Crippen LogP contribution in [0, 0.1) is 15.2 Å². The van der Waals surface area contributed by atoms with Gasteiger partial charge in [0.15, 0.2) is 0 Å². The van der Waals surface area contributed by atoms with E-state index in [-0.39, 0.29) is 12.0 Å². The number of nitrogens with two attached hydrogens (primary N) is 1. The van der Waals surface area contributed by atoms with E-state index in [1.807, 2.05) is 24.3 Å². The summed E-state index contributed by atoms with van der Waals surface area (Å²) in [7, 11) is 0. The van der Waals surface area contributed by atoms with Crippen molar-refractivity contribution < 1.29 is 8.78 Å². The van der Waals surface area contributed by atoms with E-state index in [4.69, 9.17) is 5.73 Å². The van der Waals surface area contributed by atoms with Gasteiger partial charge in [0, 0.05) is 15.2 Å². The van der Waals surface area contributed by atoms with Crippen molar-refractivity contribution in [3.05, 3.63) is 68.8 Å². The van der Waals surface area contributed by atoms with Gasteiger partial charge in [-0.15, -0.1) is 0 Å². The normalized spacial score (nSPS) is 12.4. The van der Waals surface area contributed by atoms with E-state index in [9.17, 15) is 8.78 Å². The van der Waals surface area contributed by atoms with Crippen LogP contribution in [0.5, 0.6) is 0 Å². The minimum atomic E-state index is -0.545. The van der Waals surface area contributed by atoms with Crippen molar-refractivity contribution in [3.63, 3.8) is 0 Å². The molecule has 0 saturated carbocycles. The molecule has 2 rings (SSSR count). The summed E-state index contributed by atoms with van der Waals surface area (Å²) in [4.78, 5) is 0. The lowest BCUT2D eigenvalue weighted by Crippen LogP contribution is -2.15. The van der Waals surface area contributed by atoms with Crippen LogP contribution in [-0.2, 0) is 6.42 Å². The van der Waals surface area contributed by atoms with E-state index in [2.05, 4.69) is 22.6 Å². The molecular formula is C14H12F2IN. The Bertz CT molecular complexity index is 537. The molecule has 1 atom stereocenters. The van der Waals surface area contributed by atoms with E-state index < -0.39 is 17.7 Å². The first kappa shape index (κ1) is 13.4. The van der Waals surface area contributed by atoms with Crippen LogP contribution < -0.4 is 5.73 Å². The average molecular weight is 359 g/mol. The maximum atomic E-state index is 13.5. The third kappa shape index (κ3) is 3.05. The average Bonchev–Trinajstić information content (AvgIpc) is 2.34. The topological polar surface area (TPSA) is 26.0 Å². The van der Waals surface area contributed by atoms with Crippen molar-refractivity contribution in [1.82, 2.24) is 0 Å². The van der Waals surface area contributed by atoms with Crippen molar-refractivity contribution in [2.75, 3.05) is 0 Å². The van der Waals surface area contributed by atoms with Crippen LogP contribution >= 0.6 is 22.6 Å². The molecule has 0 heterocycles. The maximum absolute atomic E-state index is 13.5. The highest BCUT2D eigenvalue weighted by molar-refractivity contribution is 14.1. The second-order valence-corrected chi connectivity index (χ2v) is 5.31. The Morgan fingerprint density at radius 3 is 2.28 bits per heavy atom. The van der Waals surface area contributed by atoms with E-state index in [0.29, 0.717) is 0 Å². The monoisotopic (exact) mass is 359 g/mol. The predicted molar refractivity (Wildman–Crippen MR) is 76.1 cm³/mol. The highest BCUT2D eigenvalue weighted by Gasteiger charge is 2.14. The van der Waals surface area contributed by atoms with E-state index in [1.54, 1.807) is 0 Å². The Labute approximate surface area is 118 Å². The Morgan fingerprint density at radius 2 is 1.67 bits per heavy atom. The molecular weight excluding hydrogens is 347 g/mol. The molecule has 1 unspecified atom stereocenters. The van der Waals surface area contributed by atoms with Crippen molar-refractivity contribution in [1.29, 1.82) is 0 Å². The fourth-order valence-electron chi connectivity index (χ4n) is 1.80. The standard InChI is InChI=1S/C14H12F2IN/c15-12-5-2-6-13(16)11(12)8-14(18)9-3-1-4-10(17)7-9/h1-7,14H,8,18H2. The molecule has 2 N–H and O–H groups in total. The molecule has 0 aliphatic carbocycles. The van der Waals surface area contributed by atoms with Crippen molar-refractivity contribution in [2.45, 2.75) is 12.5 Å². The summed E-state index contributed by atoms with van der Waals surface area (Å²) < 4.78 is 28.1. The first-order valence-electron chi connectivity index (χ1n) is 5.52. The Kier molecular flexibility index (Phi) is 4.29. The predicted octanol–water partition coefficient (Wildman–Crippen LogP) is 3.81. The molecule has 2 aromatic rings. The molecule has 0 bridgehead atoms. The van der Waals surface area contributed by atoms with E-state index in [0.717, 1.165) is 9.13 Å². The molecule has 0 radical (unpaired) electrons. The van der Waals surface area contributed by atoms with E-state index >= 15 is 0 Å². The first-order valence-corrected chi connectivity index (χ1v) is 6.59. The van der Waals surface area contributed by atoms with Gasteiger partial charge >= 0.3 is 0 Å². The van der Waals surface area contributed by atoms with Crippen LogP contribution in [0.2, 0.25) is 0 Å². The second kappa shape index (κ2) is 5.75. The summed E-state index contributed by atoms with van der Waals surface area (Å²) >= 11 is 2.18. The van der Waals surface area contributed by atoms with Gasteiger partial charge in [-0.05, 0) is 58.8 Å². The number of rotatable bonds is 3. The van der Waals surface area contributed by atoms with Gasteiger partial charge in [-0.3, -0.25) is 0 Å². The Hall–Kier alpha value is -1.01. The van der Waals surface area contributed by atoms with Crippen molar-refractivity contribution in [2.24, 2.45) is 5.73 Å². The van der Waals surface area contributed by atoms with Crippen LogP contribution in [0.3, 0.4) is 0 Å². The lowest BCUT2D eigenvalue weighted by molar-refractivity contribution is 0.540. The number of halogens is 3. The summed E-state index contributed by atoms with van der Waals surface area (Å²) in [5.41, 5.74) is 6.92. The molecule has 0 spiro atoms. The zero-order valence-corrected chi connectivity index (χ0v) is 11.7. The molecule has 0 saturated heterocycles. The van der Waals surface area contributed by atoms with Crippen molar-refractivity contribution in [3.8, 4) is 0 Å². The van der Waals surface area contributed by atoms with Crippen molar-refractivity contribution >= 4 is 22.6 Å². The van der Waals surface area contributed by atoms with Crippen LogP contribution in [0.4, 0.5) is 8.78 Å². The highest BCUT2D eigenvalue weighted by Crippen LogP contribution is 2.21. The minimum Gasteiger partial charge on any atom is -0.324 e. The fourth-order valence-corrected chi connectivity index (χ4v) is 2.37. The SMILES string of the molecule is NC(Cc1c(F)cccc1F)c1cccc(I)c1. The quantitative estimate of drug-likeness (QED) is 0.829.